The van der Waals surface area contributed by atoms with E-state index in [0.717, 1.165) is 24.8 Å². The van der Waals surface area contributed by atoms with Gasteiger partial charge in [0.25, 0.3) is 0 Å². The quantitative estimate of drug-likeness (QED) is 0.169. The molecular formula is C31H52O4. The van der Waals surface area contributed by atoms with Gasteiger partial charge in [-0.3, -0.25) is 4.79 Å². The number of hydrogen-bond acceptors (Lipinski definition) is 4. The van der Waals surface area contributed by atoms with Gasteiger partial charge in [0, 0.05) is 12.3 Å². The van der Waals surface area contributed by atoms with Crippen LogP contribution >= 0.6 is 0 Å². The van der Waals surface area contributed by atoms with E-state index >= 15 is 0 Å². The summed E-state index contributed by atoms with van der Waals surface area (Å²) < 4.78 is 12.0. The van der Waals surface area contributed by atoms with Gasteiger partial charge in [-0.1, -0.05) is 92.2 Å². The van der Waals surface area contributed by atoms with Crippen molar-refractivity contribution in [3.63, 3.8) is 0 Å². The third kappa shape index (κ3) is 9.21. The first-order chi connectivity index (χ1) is 16.4. The average Bonchev–Trinajstić information content (AvgIpc) is 3.56. The van der Waals surface area contributed by atoms with Gasteiger partial charge in [-0.05, 0) is 60.8 Å². The summed E-state index contributed by atoms with van der Waals surface area (Å²) in [6, 6.07) is 0. The van der Waals surface area contributed by atoms with E-state index in [4.69, 9.17) is 9.47 Å². The minimum atomic E-state index is -0.519. The lowest BCUT2D eigenvalue weighted by atomic mass is 9.79. The highest BCUT2D eigenvalue weighted by Crippen LogP contribution is 2.38. The zero-order valence-corrected chi connectivity index (χ0v) is 23.8. The number of carbonyl (C=O) groups is 1. The number of aliphatic hydroxyl groups is 1. The second-order valence-corrected chi connectivity index (χ2v) is 12.3. The van der Waals surface area contributed by atoms with Crippen LogP contribution in [0.4, 0.5) is 0 Å². The Morgan fingerprint density at radius 2 is 1.91 bits per heavy atom. The van der Waals surface area contributed by atoms with Crippen molar-refractivity contribution in [1.82, 2.24) is 0 Å². The highest BCUT2D eigenvalue weighted by Gasteiger charge is 2.44. The van der Waals surface area contributed by atoms with Gasteiger partial charge in [0.2, 0.25) is 0 Å². The largest absolute Gasteiger partial charge is 0.457 e. The predicted molar refractivity (Wildman–Crippen MR) is 145 cm³/mol. The van der Waals surface area contributed by atoms with Gasteiger partial charge in [0.15, 0.2) is 0 Å². The standard InChI is InChI=1S/C31H52O4/c1-10-22(4)25(7)30-26(34-30)18-20(2)12-11-13-23(5)29-24(6)14-15-27(32)31(8,9)17-16-21(3)19-28(33)35-29/h11-15,20-22,24-27,29-30,32H,10,16-19H2,1-9H3/b12-11+,15-14-,23-13+. The van der Waals surface area contributed by atoms with Crippen LogP contribution in [0.15, 0.2) is 36.0 Å². The maximum atomic E-state index is 12.7. The summed E-state index contributed by atoms with van der Waals surface area (Å²) in [5.41, 5.74) is 0.798. The molecule has 0 aliphatic carbocycles. The van der Waals surface area contributed by atoms with Gasteiger partial charge in [0.05, 0.1) is 18.3 Å². The van der Waals surface area contributed by atoms with Gasteiger partial charge in [-0.15, -0.1) is 0 Å². The molecule has 2 rings (SSSR count). The van der Waals surface area contributed by atoms with Gasteiger partial charge < -0.3 is 14.6 Å². The average molecular weight is 489 g/mol. The number of ether oxygens (including phenoxy) is 2. The highest BCUT2D eigenvalue weighted by atomic mass is 16.6. The zero-order chi connectivity index (χ0) is 26.3. The molecule has 4 nitrogen and oxygen atoms in total. The summed E-state index contributed by atoms with van der Waals surface area (Å²) in [6.45, 7) is 19.5. The molecule has 0 amide bonds. The van der Waals surface area contributed by atoms with Crippen LogP contribution in [-0.2, 0) is 14.3 Å². The summed E-state index contributed by atoms with van der Waals surface area (Å²) in [5, 5.41) is 10.7. The van der Waals surface area contributed by atoms with Gasteiger partial charge in [-0.25, -0.2) is 0 Å². The molecule has 9 atom stereocenters. The molecule has 0 saturated carbocycles. The van der Waals surface area contributed by atoms with E-state index in [2.05, 4.69) is 73.6 Å². The molecule has 0 aromatic rings. The smallest absolute Gasteiger partial charge is 0.306 e. The van der Waals surface area contributed by atoms with E-state index in [1.54, 1.807) is 0 Å². The fraction of sp³-hybridized carbons (Fsp3) is 0.774. The Morgan fingerprint density at radius 3 is 2.57 bits per heavy atom. The maximum Gasteiger partial charge on any atom is 0.306 e. The van der Waals surface area contributed by atoms with E-state index in [-0.39, 0.29) is 29.3 Å². The molecule has 200 valence electrons. The van der Waals surface area contributed by atoms with E-state index in [1.807, 2.05) is 19.1 Å². The van der Waals surface area contributed by atoms with Crippen LogP contribution in [0.3, 0.4) is 0 Å². The molecule has 4 heteroatoms. The first kappa shape index (κ1) is 29.8. The molecule has 1 fully saturated rings. The fourth-order valence-corrected chi connectivity index (χ4v) is 5.04. The predicted octanol–water partition coefficient (Wildman–Crippen LogP) is 7.28. The first-order valence-corrected chi connectivity index (χ1v) is 13.9. The Morgan fingerprint density at radius 1 is 1.23 bits per heavy atom. The van der Waals surface area contributed by atoms with E-state index in [9.17, 15) is 9.90 Å². The van der Waals surface area contributed by atoms with Crippen molar-refractivity contribution in [2.45, 2.75) is 119 Å². The van der Waals surface area contributed by atoms with Crippen LogP contribution in [-0.4, -0.2) is 35.5 Å². The van der Waals surface area contributed by atoms with Crippen molar-refractivity contribution in [2.24, 2.45) is 35.0 Å². The topological polar surface area (TPSA) is 59.1 Å². The van der Waals surface area contributed by atoms with Gasteiger partial charge in [-0.2, -0.15) is 0 Å². The second kappa shape index (κ2) is 13.2. The number of esters is 1. The molecule has 9 unspecified atom stereocenters. The van der Waals surface area contributed by atoms with Crippen molar-refractivity contribution in [1.29, 1.82) is 0 Å². The zero-order valence-electron chi connectivity index (χ0n) is 23.8. The second-order valence-electron chi connectivity index (χ2n) is 12.3. The van der Waals surface area contributed by atoms with Crippen molar-refractivity contribution in [2.75, 3.05) is 0 Å². The molecule has 2 aliphatic rings. The van der Waals surface area contributed by atoms with Crippen molar-refractivity contribution in [3.05, 3.63) is 36.0 Å². The number of hydrogen-bond donors (Lipinski definition) is 1. The Hall–Kier alpha value is -1.39. The third-order valence-electron chi connectivity index (χ3n) is 8.46. The minimum absolute atomic E-state index is 0.0242. The van der Waals surface area contributed by atoms with Crippen LogP contribution in [0.1, 0.15) is 94.4 Å². The number of allylic oxidation sites excluding steroid dienone is 3. The fourth-order valence-electron chi connectivity index (χ4n) is 5.04. The molecule has 0 aromatic carbocycles. The van der Waals surface area contributed by atoms with Crippen LogP contribution in [0.2, 0.25) is 0 Å². The number of epoxide rings is 1. The van der Waals surface area contributed by atoms with E-state index in [0.29, 0.717) is 36.4 Å². The number of aliphatic hydroxyl groups excluding tert-OH is 1. The molecule has 1 N–H and O–H groups in total. The summed E-state index contributed by atoms with van der Waals surface area (Å²) in [4.78, 5) is 12.7. The lowest BCUT2D eigenvalue weighted by Gasteiger charge is -2.31. The molecular weight excluding hydrogens is 436 g/mol. The van der Waals surface area contributed by atoms with Crippen molar-refractivity contribution < 1.29 is 19.4 Å². The summed E-state index contributed by atoms with van der Waals surface area (Å²) in [5.74, 6) is 1.80. The van der Waals surface area contributed by atoms with Crippen LogP contribution in [0.25, 0.3) is 0 Å². The first-order valence-electron chi connectivity index (χ1n) is 13.9. The Labute approximate surface area is 215 Å². The van der Waals surface area contributed by atoms with Crippen molar-refractivity contribution in [3.8, 4) is 0 Å². The molecule has 2 heterocycles. The molecule has 0 bridgehead atoms. The molecule has 35 heavy (non-hydrogen) atoms. The highest BCUT2D eigenvalue weighted by molar-refractivity contribution is 5.70. The Balaban J connectivity index is 2.04. The number of carbonyl (C=O) groups excluding carboxylic acids is 1. The maximum absolute atomic E-state index is 12.7. The lowest BCUT2D eigenvalue weighted by molar-refractivity contribution is -0.149. The Bertz CT molecular complexity index is 764. The number of cyclic esters (lactones) is 1. The minimum Gasteiger partial charge on any atom is -0.457 e. The third-order valence-corrected chi connectivity index (χ3v) is 8.46. The molecule has 2 aliphatic heterocycles. The molecule has 0 radical (unpaired) electrons. The van der Waals surface area contributed by atoms with E-state index in [1.165, 1.54) is 6.42 Å². The van der Waals surface area contributed by atoms with Crippen LogP contribution < -0.4 is 0 Å². The van der Waals surface area contributed by atoms with Crippen LogP contribution in [0, 0.1) is 35.0 Å². The molecule has 0 spiro atoms. The van der Waals surface area contributed by atoms with Crippen LogP contribution in [0.5, 0.6) is 0 Å². The molecule has 0 aromatic heterocycles. The summed E-state index contributed by atoms with van der Waals surface area (Å²) >= 11 is 0. The van der Waals surface area contributed by atoms with Gasteiger partial charge in [0.1, 0.15) is 6.10 Å². The van der Waals surface area contributed by atoms with Crippen molar-refractivity contribution >= 4 is 5.97 Å². The summed E-state index contributed by atoms with van der Waals surface area (Å²) in [7, 11) is 0. The lowest BCUT2D eigenvalue weighted by Crippen LogP contribution is -2.31. The normalized spacial score (nSPS) is 35.9. The summed E-state index contributed by atoms with van der Waals surface area (Å²) in [6.07, 6.45) is 14.6. The SMILES string of the molecule is CCC(C)C(C)C1OC1CC(C)/C=C/C=C(\C)C1OC(=O)CC(C)CCC(C)(C)C(O)/C=C\C1C. The Kier molecular flexibility index (Phi) is 11.3. The van der Waals surface area contributed by atoms with Gasteiger partial charge >= 0.3 is 5.97 Å². The van der Waals surface area contributed by atoms with E-state index < -0.39 is 6.10 Å². The molecule has 1 saturated heterocycles. The number of rotatable bonds is 8. The monoisotopic (exact) mass is 488 g/mol.